The molecule has 8 nitrogen and oxygen atoms in total. The third-order valence-electron chi connectivity index (χ3n) is 4.79. The molecule has 0 aromatic heterocycles. The number of rotatable bonds is 5. The van der Waals surface area contributed by atoms with Crippen LogP contribution in [0.25, 0.3) is 0 Å². The highest BCUT2D eigenvalue weighted by Crippen LogP contribution is 2.28. The highest BCUT2D eigenvalue weighted by Gasteiger charge is 2.35. The fraction of sp³-hybridized carbons (Fsp3) is 0.529. The van der Waals surface area contributed by atoms with E-state index in [0.29, 0.717) is 18.0 Å². The molecule has 1 atom stereocenters. The Morgan fingerprint density at radius 2 is 1.81 bits per heavy atom. The number of anilines is 2. The average molecular weight is 379 g/mol. The van der Waals surface area contributed by atoms with Gasteiger partial charge in [0, 0.05) is 30.9 Å². The fourth-order valence-corrected chi connectivity index (χ4v) is 4.07. The van der Waals surface area contributed by atoms with E-state index in [-0.39, 0.29) is 6.54 Å². The molecule has 26 heavy (non-hydrogen) atoms. The molecule has 9 heteroatoms. The minimum Gasteiger partial charge on any atom is -0.443 e. The van der Waals surface area contributed by atoms with Crippen LogP contribution in [0, 0.1) is 17.2 Å². The summed E-state index contributed by atoms with van der Waals surface area (Å²) in [5, 5.41) is 8.79. The van der Waals surface area contributed by atoms with Gasteiger partial charge in [0.25, 0.3) is 10.1 Å². The Labute approximate surface area is 152 Å². The Balaban J connectivity index is 1.61. The van der Waals surface area contributed by atoms with Crippen molar-refractivity contribution in [3.05, 3.63) is 24.3 Å². The number of hydrogen-bond acceptors (Lipinski definition) is 6. The Morgan fingerprint density at radius 3 is 2.38 bits per heavy atom. The van der Waals surface area contributed by atoms with Crippen molar-refractivity contribution in [3.63, 3.8) is 0 Å². The standard InChI is InChI=1S/C17H21N3O5S/c18-8-5-13-6-9-19(10-7-13)14-1-3-15(4-2-14)20-11-16(25-17(20)21)12-26(22,23)24/h1-4,13,16H,5-7,9-12H2,(H,22,23,24)/t16-/m0/s1. The molecule has 0 aliphatic carbocycles. The topological polar surface area (TPSA) is 111 Å². The maximum Gasteiger partial charge on any atom is 0.414 e. The van der Waals surface area contributed by atoms with E-state index in [2.05, 4.69) is 11.0 Å². The summed E-state index contributed by atoms with van der Waals surface area (Å²) in [6.45, 7) is 1.87. The molecule has 1 aromatic carbocycles. The van der Waals surface area contributed by atoms with Crippen LogP contribution in [-0.4, -0.2) is 50.6 Å². The molecular weight excluding hydrogens is 358 g/mol. The smallest absolute Gasteiger partial charge is 0.414 e. The van der Waals surface area contributed by atoms with Gasteiger partial charge in [-0.15, -0.1) is 0 Å². The van der Waals surface area contributed by atoms with Crippen LogP contribution in [0.3, 0.4) is 0 Å². The van der Waals surface area contributed by atoms with E-state index < -0.39 is 28.1 Å². The zero-order valence-electron chi connectivity index (χ0n) is 14.2. The molecule has 1 N–H and O–H groups in total. The monoisotopic (exact) mass is 379 g/mol. The molecule has 2 fully saturated rings. The number of ether oxygens (including phenoxy) is 1. The van der Waals surface area contributed by atoms with Crippen molar-refractivity contribution in [1.29, 1.82) is 5.26 Å². The first-order chi connectivity index (χ1) is 12.4. The van der Waals surface area contributed by atoms with Gasteiger partial charge in [-0.3, -0.25) is 9.45 Å². The summed E-state index contributed by atoms with van der Waals surface area (Å²) >= 11 is 0. The van der Waals surface area contributed by atoms with Gasteiger partial charge in [-0.1, -0.05) is 0 Å². The van der Waals surface area contributed by atoms with E-state index in [1.165, 1.54) is 4.90 Å². The Kier molecular flexibility index (Phi) is 5.34. The van der Waals surface area contributed by atoms with E-state index >= 15 is 0 Å². The predicted molar refractivity (Wildman–Crippen MR) is 95.6 cm³/mol. The first-order valence-corrected chi connectivity index (χ1v) is 10.1. The zero-order chi connectivity index (χ0) is 18.7. The van der Waals surface area contributed by atoms with Crippen LogP contribution in [0.1, 0.15) is 19.3 Å². The maximum atomic E-state index is 11.9. The van der Waals surface area contributed by atoms with Crippen molar-refractivity contribution in [1.82, 2.24) is 0 Å². The molecule has 0 bridgehead atoms. The molecule has 140 valence electrons. The minimum absolute atomic E-state index is 0.0809. The van der Waals surface area contributed by atoms with Crippen LogP contribution < -0.4 is 9.80 Å². The first-order valence-electron chi connectivity index (χ1n) is 8.51. The molecule has 2 aliphatic heterocycles. The molecule has 2 heterocycles. The lowest BCUT2D eigenvalue weighted by Gasteiger charge is -2.33. The summed E-state index contributed by atoms with van der Waals surface area (Å²) in [6, 6.07) is 9.67. The molecular formula is C17H21N3O5S. The Bertz CT molecular complexity index is 795. The van der Waals surface area contributed by atoms with Gasteiger partial charge in [0.1, 0.15) is 11.9 Å². The van der Waals surface area contributed by atoms with Crippen LogP contribution in [0.5, 0.6) is 0 Å². The summed E-state index contributed by atoms with van der Waals surface area (Å²) < 4.78 is 35.8. The molecule has 3 rings (SSSR count). The number of carbonyl (C=O) groups is 1. The van der Waals surface area contributed by atoms with Crippen LogP contribution in [0.15, 0.2) is 24.3 Å². The second kappa shape index (κ2) is 7.51. The van der Waals surface area contributed by atoms with Crippen molar-refractivity contribution in [2.24, 2.45) is 5.92 Å². The van der Waals surface area contributed by atoms with E-state index in [1.807, 2.05) is 12.1 Å². The highest BCUT2D eigenvalue weighted by molar-refractivity contribution is 7.85. The first kappa shape index (κ1) is 18.5. The fourth-order valence-electron chi connectivity index (χ4n) is 3.42. The van der Waals surface area contributed by atoms with Crippen molar-refractivity contribution in [2.75, 3.05) is 35.2 Å². The average Bonchev–Trinajstić information content (AvgIpc) is 2.94. The second-order valence-corrected chi connectivity index (χ2v) is 8.17. The number of nitrogens with zero attached hydrogens (tertiary/aromatic N) is 3. The molecule has 2 saturated heterocycles. The third kappa shape index (κ3) is 4.45. The number of carbonyl (C=O) groups excluding carboxylic acids is 1. The van der Waals surface area contributed by atoms with Crippen LogP contribution in [0.4, 0.5) is 16.2 Å². The molecule has 1 aromatic rings. The van der Waals surface area contributed by atoms with Gasteiger partial charge in [-0.2, -0.15) is 13.7 Å². The number of piperidine rings is 1. The molecule has 0 unspecified atom stereocenters. The summed E-state index contributed by atoms with van der Waals surface area (Å²) in [5.41, 5.74) is 1.67. The second-order valence-electron chi connectivity index (χ2n) is 6.67. The largest absolute Gasteiger partial charge is 0.443 e. The maximum absolute atomic E-state index is 11.9. The SMILES string of the molecule is N#CCC1CCN(c2ccc(N3C[C@@H](CS(=O)(=O)O)OC3=O)cc2)CC1. The number of nitriles is 1. The molecule has 1 amide bonds. The number of amides is 1. The van der Waals surface area contributed by atoms with Crippen LogP contribution in [-0.2, 0) is 14.9 Å². The molecule has 0 spiro atoms. The van der Waals surface area contributed by atoms with Gasteiger partial charge in [0.15, 0.2) is 0 Å². The highest BCUT2D eigenvalue weighted by atomic mass is 32.2. The van der Waals surface area contributed by atoms with E-state index in [9.17, 15) is 13.2 Å². The van der Waals surface area contributed by atoms with Gasteiger partial charge >= 0.3 is 6.09 Å². The van der Waals surface area contributed by atoms with Gasteiger partial charge in [0.05, 0.1) is 12.6 Å². The summed E-state index contributed by atoms with van der Waals surface area (Å²) in [7, 11) is -4.20. The van der Waals surface area contributed by atoms with E-state index in [1.54, 1.807) is 12.1 Å². The van der Waals surface area contributed by atoms with Crippen molar-refractivity contribution in [2.45, 2.75) is 25.4 Å². The van der Waals surface area contributed by atoms with E-state index in [0.717, 1.165) is 31.6 Å². The van der Waals surface area contributed by atoms with Crippen molar-refractivity contribution >= 4 is 27.6 Å². The van der Waals surface area contributed by atoms with Gasteiger partial charge < -0.3 is 9.64 Å². The molecule has 0 radical (unpaired) electrons. The summed E-state index contributed by atoms with van der Waals surface area (Å²) in [6.07, 6.45) is 1.09. The normalized spacial score (nSPS) is 21.5. The quantitative estimate of drug-likeness (QED) is 0.779. The lowest BCUT2D eigenvalue weighted by Crippen LogP contribution is -2.33. The van der Waals surface area contributed by atoms with Crippen LogP contribution >= 0.6 is 0 Å². The van der Waals surface area contributed by atoms with Crippen molar-refractivity contribution < 1.29 is 22.5 Å². The number of cyclic esters (lactones) is 1. The lowest BCUT2D eigenvalue weighted by molar-refractivity contribution is 0.150. The summed E-state index contributed by atoms with van der Waals surface area (Å²) in [4.78, 5) is 15.6. The predicted octanol–water partition coefficient (Wildman–Crippen LogP) is 2.03. The lowest BCUT2D eigenvalue weighted by atomic mass is 9.94. The van der Waals surface area contributed by atoms with E-state index in [4.69, 9.17) is 14.6 Å². The Morgan fingerprint density at radius 1 is 1.19 bits per heavy atom. The van der Waals surface area contributed by atoms with Gasteiger partial charge in [-0.25, -0.2) is 4.79 Å². The van der Waals surface area contributed by atoms with Gasteiger partial charge in [0.2, 0.25) is 0 Å². The third-order valence-corrected chi connectivity index (χ3v) is 5.58. The number of hydrogen-bond donors (Lipinski definition) is 1. The Hall–Kier alpha value is -2.31. The zero-order valence-corrected chi connectivity index (χ0v) is 15.1. The van der Waals surface area contributed by atoms with Gasteiger partial charge in [-0.05, 0) is 43.0 Å². The van der Waals surface area contributed by atoms with Crippen LogP contribution in [0.2, 0.25) is 0 Å². The minimum atomic E-state index is -4.20. The van der Waals surface area contributed by atoms with Crippen molar-refractivity contribution in [3.8, 4) is 6.07 Å². The molecule has 0 saturated carbocycles. The summed E-state index contributed by atoms with van der Waals surface area (Å²) in [5.74, 6) is -0.139. The molecule has 2 aliphatic rings. The number of benzene rings is 1.